The first-order valence-corrected chi connectivity index (χ1v) is 8.06. The third-order valence-corrected chi connectivity index (χ3v) is 5.07. The highest BCUT2D eigenvalue weighted by Gasteiger charge is 2.57. The smallest absolute Gasteiger partial charge is 0.387 e. The molecule has 1 aromatic rings. The number of halogens is 3. The normalized spacial score (nSPS) is 22.6. The lowest BCUT2D eigenvalue weighted by molar-refractivity contribution is -0.123. The molecule has 2 aliphatic rings. The molecule has 0 bridgehead atoms. The highest BCUT2D eigenvalue weighted by Crippen LogP contribution is 2.58. The molecular formula is C17H23ClF2N2O2. The SMILES string of the molecule is CC(NC(=O)C1CC12CCNCC2)c1ccc(OC(F)F)cc1.Cl. The summed E-state index contributed by atoms with van der Waals surface area (Å²) in [5.41, 5.74) is 1.09. The Morgan fingerprint density at radius 1 is 1.29 bits per heavy atom. The van der Waals surface area contributed by atoms with Gasteiger partial charge in [-0.1, -0.05) is 12.1 Å². The molecule has 1 amide bonds. The van der Waals surface area contributed by atoms with Gasteiger partial charge in [0.2, 0.25) is 5.91 Å². The standard InChI is InChI=1S/C17H22F2N2O2.ClH/c1-11(12-2-4-13(5-3-12)23-16(18)19)21-15(22)14-10-17(14)6-8-20-9-7-17;/h2-5,11,14,16,20H,6-10H2,1H3,(H,21,22);1H. The minimum Gasteiger partial charge on any atom is -0.435 e. The minimum atomic E-state index is -2.82. The van der Waals surface area contributed by atoms with Crippen molar-refractivity contribution < 1.29 is 18.3 Å². The van der Waals surface area contributed by atoms with E-state index >= 15 is 0 Å². The van der Waals surface area contributed by atoms with Gasteiger partial charge in [0.1, 0.15) is 5.75 Å². The number of ether oxygens (including phenoxy) is 1. The van der Waals surface area contributed by atoms with Crippen molar-refractivity contribution in [2.75, 3.05) is 13.1 Å². The number of nitrogens with one attached hydrogen (secondary N) is 2. The van der Waals surface area contributed by atoms with Gasteiger partial charge in [0, 0.05) is 5.92 Å². The van der Waals surface area contributed by atoms with Gasteiger partial charge in [-0.2, -0.15) is 8.78 Å². The molecule has 1 heterocycles. The van der Waals surface area contributed by atoms with Crippen LogP contribution in [0.4, 0.5) is 8.78 Å². The van der Waals surface area contributed by atoms with Crippen LogP contribution in [0.15, 0.2) is 24.3 Å². The number of carbonyl (C=O) groups is 1. The predicted molar refractivity (Wildman–Crippen MR) is 89.5 cm³/mol. The van der Waals surface area contributed by atoms with Crippen LogP contribution in [0.3, 0.4) is 0 Å². The maximum atomic E-state index is 12.4. The van der Waals surface area contributed by atoms with Gasteiger partial charge in [-0.15, -0.1) is 12.4 Å². The summed E-state index contributed by atoms with van der Waals surface area (Å²) in [4.78, 5) is 12.4. The second-order valence-electron chi connectivity index (χ2n) is 6.55. The number of alkyl halides is 2. The number of hydrogen-bond donors (Lipinski definition) is 2. The lowest BCUT2D eigenvalue weighted by Gasteiger charge is -2.24. The van der Waals surface area contributed by atoms with Crippen LogP contribution < -0.4 is 15.4 Å². The van der Waals surface area contributed by atoms with Crippen LogP contribution in [0.25, 0.3) is 0 Å². The summed E-state index contributed by atoms with van der Waals surface area (Å²) in [7, 11) is 0. The van der Waals surface area contributed by atoms with Crippen molar-refractivity contribution in [3.63, 3.8) is 0 Å². The minimum absolute atomic E-state index is 0. The van der Waals surface area contributed by atoms with Crippen LogP contribution in [0.5, 0.6) is 5.75 Å². The van der Waals surface area contributed by atoms with E-state index in [0.29, 0.717) is 0 Å². The van der Waals surface area contributed by atoms with E-state index in [9.17, 15) is 13.6 Å². The summed E-state index contributed by atoms with van der Waals surface area (Å²) in [6.07, 6.45) is 3.12. The fourth-order valence-electron chi connectivity index (χ4n) is 3.53. The predicted octanol–water partition coefficient (Wildman–Crippen LogP) is 3.28. The van der Waals surface area contributed by atoms with Crippen LogP contribution >= 0.6 is 12.4 Å². The summed E-state index contributed by atoms with van der Waals surface area (Å²) in [5, 5.41) is 6.37. The van der Waals surface area contributed by atoms with Gasteiger partial charge in [0.25, 0.3) is 0 Å². The number of hydrogen-bond acceptors (Lipinski definition) is 3. The molecule has 2 unspecified atom stereocenters. The zero-order valence-electron chi connectivity index (χ0n) is 13.6. The first-order chi connectivity index (χ1) is 11.0. The van der Waals surface area contributed by atoms with Crippen molar-refractivity contribution >= 4 is 18.3 Å². The molecule has 7 heteroatoms. The van der Waals surface area contributed by atoms with E-state index in [-0.39, 0.29) is 41.4 Å². The monoisotopic (exact) mass is 360 g/mol. The molecule has 2 fully saturated rings. The molecule has 1 aliphatic carbocycles. The van der Waals surface area contributed by atoms with Gasteiger partial charge in [0.05, 0.1) is 6.04 Å². The van der Waals surface area contributed by atoms with Crippen molar-refractivity contribution in [3.05, 3.63) is 29.8 Å². The third-order valence-electron chi connectivity index (χ3n) is 5.07. The van der Waals surface area contributed by atoms with E-state index in [2.05, 4.69) is 15.4 Å². The van der Waals surface area contributed by atoms with E-state index < -0.39 is 6.61 Å². The summed E-state index contributed by atoms with van der Waals surface area (Å²) in [6, 6.07) is 6.25. The van der Waals surface area contributed by atoms with Crippen LogP contribution in [0.1, 0.15) is 37.8 Å². The van der Waals surface area contributed by atoms with Gasteiger partial charge in [0.15, 0.2) is 0 Å². The van der Waals surface area contributed by atoms with E-state index in [1.807, 2.05) is 6.92 Å². The number of piperidine rings is 1. The lowest BCUT2D eigenvalue weighted by atomic mass is 9.91. The van der Waals surface area contributed by atoms with Gasteiger partial charge in [-0.3, -0.25) is 4.79 Å². The molecule has 2 atom stereocenters. The summed E-state index contributed by atoms with van der Waals surface area (Å²) >= 11 is 0. The molecule has 1 aliphatic heterocycles. The van der Waals surface area contributed by atoms with Crippen molar-refractivity contribution in [1.29, 1.82) is 0 Å². The van der Waals surface area contributed by atoms with E-state index in [1.54, 1.807) is 12.1 Å². The molecule has 4 nitrogen and oxygen atoms in total. The number of carbonyl (C=O) groups excluding carboxylic acids is 1. The molecule has 0 aromatic heterocycles. The summed E-state index contributed by atoms with van der Waals surface area (Å²) in [6.45, 7) is 1.06. The Hall–Kier alpha value is -1.40. The van der Waals surface area contributed by atoms with Crippen LogP contribution in [-0.4, -0.2) is 25.6 Å². The van der Waals surface area contributed by atoms with Crippen LogP contribution in [-0.2, 0) is 4.79 Å². The molecule has 24 heavy (non-hydrogen) atoms. The molecule has 1 saturated carbocycles. The molecule has 1 spiro atoms. The van der Waals surface area contributed by atoms with E-state index in [0.717, 1.165) is 37.9 Å². The Labute approximate surface area is 146 Å². The molecule has 2 N–H and O–H groups in total. The van der Waals surface area contributed by atoms with Gasteiger partial charge in [-0.05, 0) is 62.4 Å². The Bertz CT molecular complexity index is 562. The summed E-state index contributed by atoms with van der Waals surface area (Å²) in [5.74, 6) is 0.346. The molecule has 134 valence electrons. The molecular weight excluding hydrogens is 338 g/mol. The summed E-state index contributed by atoms with van der Waals surface area (Å²) < 4.78 is 28.6. The van der Waals surface area contributed by atoms with Crippen LogP contribution in [0.2, 0.25) is 0 Å². The van der Waals surface area contributed by atoms with E-state index in [4.69, 9.17) is 0 Å². The maximum Gasteiger partial charge on any atom is 0.387 e. The first-order valence-electron chi connectivity index (χ1n) is 8.06. The number of amides is 1. The topological polar surface area (TPSA) is 50.4 Å². The highest BCUT2D eigenvalue weighted by molar-refractivity contribution is 5.85. The quantitative estimate of drug-likeness (QED) is 0.847. The van der Waals surface area contributed by atoms with Crippen molar-refractivity contribution in [1.82, 2.24) is 10.6 Å². The van der Waals surface area contributed by atoms with Crippen molar-refractivity contribution in [3.8, 4) is 5.75 Å². The van der Waals surface area contributed by atoms with Gasteiger partial charge < -0.3 is 15.4 Å². The molecule has 1 aromatic carbocycles. The fraction of sp³-hybridized carbons (Fsp3) is 0.588. The first kappa shape index (κ1) is 18.9. The second kappa shape index (κ2) is 7.66. The molecule has 1 saturated heterocycles. The fourth-order valence-corrected chi connectivity index (χ4v) is 3.53. The van der Waals surface area contributed by atoms with E-state index in [1.165, 1.54) is 12.1 Å². The second-order valence-corrected chi connectivity index (χ2v) is 6.55. The molecule has 0 radical (unpaired) electrons. The zero-order chi connectivity index (χ0) is 16.4. The van der Waals surface area contributed by atoms with Crippen molar-refractivity contribution in [2.45, 2.75) is 38.8 Å². The maximum absolute atomic E-state index is 12.4. The van der Waals surface area contributed by atoms with Gasteiger partial charge in [-0.25, -0.2) is 0 Å². The molecule has 3 rings (SSSR count). The number of rotatable bonds is 5. The third kappa shape index (κ3) is 4.16. The Balaban J connectivity index is 0.00000208. The average molecular weight is 361 g/mol. The Kier molecular flexibility index (Phi) is 6.04. The Morgan fingerprint density at radius 2 is 1.92 bits per heavy atom. The van der Waals surface area contributed by atoms with Gasteiger partial charge >= 0.3 is 6.61 Å². The van der Waals surface area contributed by atoms with Crippen molar-refractivity contribution in [2.24, 2.45) is 11.3 Å². The zero-order valence-corrected chi connectivity index (χ0v) is 14.4. The lowest BCUT2D eigenvalue weighted by Crippen LogP contribution is -2.34. The highest BCUT2D eigenvalue weighted by atomic mass is 35.5. The van der Waals surface area contributed by atoms with Crippen LogP contribution in [0, 0.1) is 11.3 Å². The number of benzene rings is 1. The Morgan fingerprint density at radius 3 is 2.50 bits per heavy atom. The average Bonchev–Trinajstić information content (AvgIpc) is 3.21. The largest absolute Gasteiger partial charge is 0.435 e.